The number of nitrogens with zero attached hydrogens (tertiary/aromatic N) is 2. The fraction of sp³-hybridized carbons (Fsp3) is 0.273. The number of ether oxygens (including phenoxy) is 1. The lowest BCUT2D eigenvalue weighted by atomic mass is 10.1. The van der Waals surface area contributed by atoms with Gasteiger partial charge in [0.2, 0.25) is 10.0 Å². The predicted molar refractivity (Wildman–Crippen MR) is 118 cm³/mol. The van der Waals surface area contributed by atoms with Crippen molar-refractivity contribution < 1.29 is 17.9 Å². The van der Waals surface area contributed by atoms with Crippen LogP contribution in [0.1, 0.15) is 29.8 Å². The molecule has 8 heteroatoms. The number of carbonyl (C=O) groups excluding carboxylic acids is 1. The highest BCUT2D eigenvalue weighted by Gasteiger charge is 2.27. The van der Waals surface area contributed by atoms with Gasteiger partial charge in [0.05, 0.1) is 18.3 Å². The molecule has 1 N–H and O–H groups in total. The van der Waals surface area contributed by atoms with E-state index in [4.69, 9.17) is 4.74 Å². The van der Waals surface area contributed by atoms with Crippen LogP contribution in [0.4, 0.5) is 5.69 Å². The van der Waals surface area contributed by atoms with Gasteiger partial charge in [0, 0.05) is 30.2 Å². The maximum atomic E-state index is 13.0. The first-order valence-corrected chi connectivity index (χ1v) is 11.1. The van der Waals surface area contributed by atoms with Gasteiger partial charge >= 0.3 is 0 Å². The van der Waals surface area contributed by atoms with Crippen LogP contribution >= 0.6 is 0 Å². The molecule has 1 amide bonds. The van der Waals surface area contributed by atoms with Crippen molar-refractivity contribution in [1.82, 2.24) is 9.29 Å². The van der Waals surface area contributed by atoms with Crippen molar-refractivity contribution in [1.29, 1.82) is 0 Å². The van der Waals surface area contributed by atoms with E-state index >= 15 is 0 Å². The molecule has 1 aromatic heterocycles. The van der Waals surface area contributed by atoms with Crippen LogP contribution in [-0.2, 0) is 10.0 Å². The van der Waals surface area contributed by atoms with Crippen LogP contribution in [0.2, 0.25) is 0 Å². The molecule has 0 bridgehead atoms. The molecule has 2 aromatic carbocycles. The quantitative estimate of drug-likeness (QED) is 0.619. The van der Waals surface area contributed by atoms with E-state index in [-0.39, 0.29) is 16.2 Å². The van der Waals surface area contributed by atoms with E-state index in [1.165, 1.54) is 23.5 Å². The standard InChI is InChI=1S/C22H25N3O4S/c1-5-25(6-2)30(27,28)20-14-16(10-12-19(20)29-4)22(26)24-18-11-9-15(3)21-17(18)8-7-13-23-21/h7-14H,5-6H2,1-4H3,(H,24,26). The second kappa shape index (κ2) is 8.81. The highest BCUT2D eigenvalue weighted by atomic mass is 32.2. The Labute approximate surface area is 176 Å². The number of aromatic nitrogens is 1. The molecule has 30 heavy (non-hydrogen) atoms. The maximum absolute atomic E-state index is 13.0. The predicted octanol–water partition coefficient (Wildman–Crippen LogP) is 3.83. The SMILES string of the molecule is CCN(CC)S(=O)(=O)c1cc(C(=O)Nc2ccc(C)c3ncccc23)ccc1OC. The maximum Gasteiger partial charge on any atom is 0.255 e. The van der Waals surface area contributed by atoms with E-state index in [1.54, 1.807) is 32.2 Å². The van der Waals surface area contributed by atoms with Crippen molar-refractivity contribution in [2.45, 2.75) is 25.7 Å². The third-order valence-corrected chi connectivity index (χ3v) is 7.04. The zero-order chi connectivity index (χ0) is 21.9. The fourth-order valence-electron chi connectivity index (χ4n) is 3.34. The highest BCUT2D eigenvalue weighted by molar-refractivity contribution is 7.89. The molecule has 7 nitrogen and oxygen atoms in total. The van der Waals surface area contributed by atoms with E-state index in [9.17, 15) is 13.2 Å². The number of nitrogens with one attached hydrogen (secondary N) is 1. The average Bonchev–Trinajstić information content (AvgIpc) is 2.76. The molecule has 0 aliphatic carbocycles. The molecule has 0 fully saturated rings. The summed E-state index contributed by atoms with van der Waals surface area (Å²) in [6.07, 6.45) is 1.70. The molecular formula is C22H25N3O4S. The average molecular weight is 428 g/mol. The minimum atomic E-state index is -3.79. The summed E-state index contributed by atoms with van der Waals surface area (Å²) in [7, 11) is -2.39. The van der Waals surface area contributed by atoms with Crippen LogP contribution in [-0.4, -0.2) is 43.8 Å². The third kappa shape index (κ3) is 4.01. The van der Waals surface area contributed by atoms with Gasteiger partial charge in [-0.2, -0.15) is 4.31 Å². The van der Waals surface area contributed by atoms with Crippen LogP contribution in [0, 0.1) is 6.92 Å². The van der Waals surface area contributed by atoms with E-state index in [0.29, 0.717) is 18.8 Å². The Balaban J connectivity index is 2.01. The van der Waals surface area contributed by atoms with Crippen LogP contribution in [0.3, 0.4) is 0 Å². The molecule has 0 aliphatic rings. The van der Waals surface area contributed by atoms with Gasteiger partial charge in [0.25, 0.3) is 5.91 Å². The molecule has 0 saturated carbocycles. The summed E-state index contributed by atoms with van der Waals surface area (Å²) in [5.41, 5.74) is 2.63. The summed E-state index contributed by atoms with van der Waals surface area (Å²) in [6.45, 7) is 6.12. The number of pyridine rings is 1. The van der Waals surface area contributed by atoms with Crippen LogP contribution in [0.5, 0.6) is 5.75 Å². The number of hydrogen-bond donors (Lipinski definition) is 1. The van der Waals surface area contributed by atoms with Gasteiger partial charge in [-0.25, -0.2) is 8.42 Å². The Morgan fingerprint density at radius 2 is 1.87 bits per heavy atom. The molecule has 3 aromatic rings. The monoisotopic (exact) mass is 427 g/mol. The lowest BCUT2D eigenvalue weighted by Crippen LogP contribution is -2.31. The molecule has 0 saturated heterocycles. The zero-order valence-corrected chi connectivity index (χ0v) is 18.3. The summed E-state index contributed by atoms with van der Waals surface area (Å²) in [5.74, 6) is -0.217. The van der Waals surface area contributed by atoms with Gasteiger partial charge in [0.1, 0.15) is 10.6 Å². The van der Waals surface area contributed by atoms with E-state index in [0.717, 1.165) is 16.5 Å². The molecule has 0 unspecified atom stereocenters. The number of sulfonamides is 1. The lowest BCUT2D eigenvalue weighted by molar-refractivity contribution is 0.102. The van der Waals surface area contributed by atoms with Crippen molar-refractivity contribution in [2.24, 2.45) is 0 Å². The van der Waals surface area contributed by atoms with E-state index < -0.39 is 15.9 Å². The first-order valence-electron chi connectivity index (χ1n) is 9.67. The van der Waals surface area contributed by atoms with Crippen molar-refractivity contribution in [3.05, 3.63) is 59.8 Å². The molecule has 3 rings (SSSR count). The van der Waals surface area contributed by atoms with Crippen molar-refractivity contribution in [2.75, 3.05) is 25.5 Å². The molecule has 0 atom stereocenters. The largest absolute Gasteiger partial charge is 0.495 e. The number of rotatable bonds is 7. The lowest BCUT2D eigenvalue weighted by Gasteiger charge is -2.20. The number of hydrogen-bond acceptors (Lipinski definition) is 5. The van der Waals surface area contributed by atoms with Gasteiger partial charge in [-0.05, 0) is 48.9 Å². The Morgan fingerprint density at radius 1 is 1.13 bits per heavy atom. The number of methoxy groups -OCH3 is 1. The summed E-state index contributed by atoms with van der Waals surface area (Å²) in [5, 5.41) is 3.69. The zero-order valence-electron chi connectivity index (χ0n) is 17.5. The number of carbonyl (C=O) groups is 1. The number of anilines is 1. The minimum Gasteiger partial charge on any atom is -0.495 e. The normalized spacial score (nSPS) is 11.6. The smallest absolute Gasteiger partial charge is 0.255 e. The molecule has 158 valence electrons. The second-order valence-corrected chi connectivity index (χ2v) is 8.65. The van der Waals surface area contributed by atoms with Crippen LogP contribution in [0.15, 0.2) is 53.6 Å². The third-order valence-electron chi connectivity index (χ3n) is 4.97. The second-order valence-electron chi connectivity index (χ2n) is 6.74. The Bertz CT molecular complexity index is 1190. The highest BCUT2D eigenvalue weighted by Crippen LogP contribution is 2.29. The van der Waals surface area contributed by atoms with Crippen LogP contribution < -0.4 is 10.1 Å². The number of amides is 1. The molecule has 0 spiro atoms. The first-order chi connectivity index (χ1) is 14.3. The number of fused-ring (bicyclic) bond motifs is 1. The number of aryl methyl sites for hydroxylation is 1. The summed E-state index contributed by atoms with van der Waals surface area (Å²) >= 11 is 0. The van der Waals surface area contributed by atoms with E-state index in [1.807, 2.05) is 25.1 Å². The van der Waals surface area contributed by atoms with Crippen molar-refractivity contribution in [3.8, 4) is 5.75 Å². The Kier molecular flexibility index (Phi) is 6.38. The minimum absolute atomic E-state index is 0.0308. The Hall–Kier alpha value is -2.97. The van der Waals surface area contributed by atoms with Gasteiger partial charge in [0.15, 0.2) is 0 Å². The molecule has 0 radical (unpaired) electrons. The molecule has 1 heterocycles. The Morgan fingerprint density at radius 3 is 2.53 bits per heavy atom. The van der Waals surface area contributed by atoms with Gasteiger partial charge in [-0.1, -0.05) is 19.9 Å². The summed E-state index contributed by atoms with van der Waals surface area (Å²) in [6, 6.07) is 11.8. The fourth-order valence-corrected chi connectivity index (χ4v) is 4.98. The molecule has 0 aliphatic heterocycles. The van der Waals surface area contributed by atoms with Crippen molar-refractivity contribution >= 4 is 32.5 Å². The van der Waals surface area contributed by atoms with E-state index in [2.05, 4.69) is 10.3 Å². The molecular weight excluding hydrogens is 402 g/mol. The van der Waals surface area contributed by atoms with Crippen LogP contribution in [0.25, 0.3) is 10.9 Å². The number of benzene rings is 2. The van der Waals surface area contributed by atoms with Gasteiger partial charge in [-0.3, -0.25) is 9.78 Å². The summed E-state index contributed by atoms with van der Waals surface area (Å²) < 4.78 is 32.6. The van der Waals surface area contributed by atoms with Crippen molar-refractivity contribution in [3.63, 3.8) is 0 Å². The van der Waals surface area contributed by atoms with Gasteiger partial charge in [-0.15, -0.1) is 0 Å². The van der Waals surface area contributed by atoms with Gasteiger partial charge < -0.3 is 10.1 Å². The summed E-state index contributed by atoms with van der Waals surface area (Å²) in [4.78, 5) is 17.3. The first kappa shape index (κ1) is 21.7. The topological polar surface area (TPSA) is 88.6 Å².